The number of sulfone groups is 2. The summed E-state index contributed by atoms with van der Waals surface area (Å²) < 4.78 is 53.4. The Hall–Kier alpha value is -1.50. The van der Waals surface area contributed by atoms with Crippen LogP contribution in [0.25, 0.3) is 0 Å². The fourth-order valence-corrected chi connectivity index (χ4v) is 4.39. The molecule has 0 aliphatic rings. The molecule has 2 aromatic rings. The highest BCUT2D eigenvalue weighted by molar-refractivity contribution is 8.26. The van der Waals surface area contributed by atoms with E-state index in [1.165, 1.54) is 6.07 Å². The van der Waals surface area contributed by atoms with Crippen LogP contribution in [0, 0.1) is 13.8 Å². The normalized spacial score (nSPS) is 11.1. The van der Waals surface area contributed by atoms with Crippen molar-refractivity contribution >= 4 is 73.1 Å². The molecule has 34 heavy (non-hydrogen) atoms. The molecule has 2 rings (SSSR count). The van der Waals surface area contributed by atoms with Crippen LogP contribution in [0.1, 0.15) is 43.0 Å². The Kier molecular flexibility index (Phi) is 13.5. The number of aromatic carboxylic acids is 1. The van der Waals surface area contributed by atoms with Gasteiger partial charge in [-0.05, 0) is 48.7 Å². The molecule has 0 radical (unpaired) electrons. The Morgan fingerprint density at radius 3 is 1.44 bits per heavy atom. The molecule has 1 N–H and O–H groups in total. The molecular weight excluding hydrogens is 571 g/mol. The Bertz CT molecular complexity index is 1180. The third-order valence-corrected chi connectivity index (χ3v) is 5.68. The Labute approximate surface area is 215 Å². The first-order chi connectivity index (χ1) is 15.3. The third kappa shape index (κ3) is 14.7. The average Bonchev–Trinajstić information content (AvgIpc) is 2.62. The van der Waals surface area contributed by atoms with Gasteiger partial charge in [-0.1, -0.05) is 35.4 Å². The van der Waals surface area contributed by atoms with E-state index in [0.717, 1.165) is 23.6 Å². The number of carboxylic acids is 1. The minimum atomic E-state index is -3.21. The van der Waals surface area contributed by atoms with Crippen molar-refractivity contribution < 1.29 is 35.7 Å². The lowest BCUT2D eigenvalue weighted by Crippen LogP contribution is -2.08. The number of aryl methyl sites for hydroxylation is 2. The van der Waals surface area contributed by atoms with Gasteiger partial charge >= 0.3 is 5.97 Å². The fraction of sp³-hybridized carbons (Fsp3) is 0.300. The lowest BCUT2D eigenvalue weighted by atomic mass is 10.1. The summed E-state index contributed by atoms with van der Waals surface area (Å²) in [5, 5.41) is 8.26. The minimum Gasteiger partial charge on any atom is -0.478 e. The molecule has 8 nitrogen and oxygen atoms in total. The van der Waals surface area contributed by atoms with Gasteiger partial charge in [-0.25, -0.2) is 25.8 Å². The monoisotopic (exact) mass is 592 g/mol. The first kappa shape index (κ1) is 32.5. The summed E-state index contributed by atoms with van der Waals surface area (Å²) in [5.74, 6) is -1.51. The van der Waals surface area contributed by atoms with Crippen molar-refractivity contribution in [2.45, 2.75) is 25.4 Å². The number of rotatable bonds is 6. The largest absolute Gasteiger partial charge is 0.478 e. The van der Waals surface area contributed by atoms with Crippen molar-refractivity contribution in [3.8, 4) is 0 Å². The second-order valence-corrected chi connectivity index (χ2v) is 14.4. The highest BCUT2D eigenvalue weighted by atomic mass is 36.0. The number of carboxylic acid groups (broad SMARTS) is 1. The molecular formula is C20H23Cl3O8S3. The van der Waals surface area contributed by atoms with E-state index < -0.39 is 40.1 Å². The van der Waals surface area contributed by atoms with Crippen LogP contribution in [0.15, 0.2) is 36.4 Å². The lowest BCUT2D eigenvalue weighted by Gasteiger charge is -2.05. The third-order valence-electron chi connectivity index (χ3n) is 3.81. The number of carbonyl (C=O) groups is 2. The summed E-state index contributed by atoms with van der Waals surface area (Å²) in [6.07, 6.45) is 2.20. The van der Waals surface area contributed by atoms with Gasteiger partial charge in [0, 0.05) is 39.4 Å². The first-order valence-electron chi connectivity index (χ1n) is 9.04. The molecule has 0 fully saturated rings. The van der Waals surface area contributed by atoms with Crippen LogP contribution in [-0.4, -0.2) is 49.9 Å². The predicted octanol–water partition coefficient (Wildman–Crippen LogP) is 4.20. The van der Waals surface area contributed by atoms with Crippen molar-refractivity contribution in [2.75, 3.05) is 12.5 Å². The second-order valence-electron chi connectivity index (χ2n) is 7.22. The van der Waals surface area contributed by atoms with E-state index in [1.54, 1.807) is 37.3 Å². The van der Waals surface area contributed by atoms with Crippen LogP contribution < -0.4 is 0 Å². The molecule has 0 saturated carbocycles. The van der Waals surface area contributed by atoms with E-state index in [2.05, 4.69) is 21.4 Å². The van der Waals surface area contributed by atoms with Crippen molar-refractivity contribution in [1.82, 2.24) is 0 Å². The van der Waals surface area contributed by atoms with Gasteiger partial charge in [-0.2, -0.15) is 0 Å². The molecule has 0 aliphatic carbocycles. The number of hydrogen-bond acceptors (Lipinski definition) is 7. The Balaban J connectivity index is 0.000000554. The highest BCUT2D eigenvalue weighted by Gasteiger charge is 2.14. The molecule has 14 heteroatoms. The average molecular weight is 594 g/mol. The van der Waals surface area contributed by atoms with Crippen LogP contribution in [0.2, 0.25) is 0 Å². The van der Waals surface area contributed by atoms with Crippen LogP contribution >= 0.6 is 33.0 Å². The number of halogens is 3. The van der Waals surface area contributed by atoms with Crippen molar-refractivity contribution in [3.63, 3.8) is 0 Å². The summed E-state index contributed by atoms with van der Waals surface area (Å²) in [7, 11) is 0.992. The number of hydrogen-bond donors (Lipinski definition) is 1. The highest BCUT2D eigenvalue weighted by Crippen LogP contribution is 2.17. The SMILES string of the molecule is Cc1ccc(CS(C)(=O)=O)c(C(=O)Cl)c1.Cc1ccc(CS(C)(=O)=O)c(C(=O)O)c1.O=S(Cl)Cl. The van der Waals surface area contributed by atoms with Crippen LogP contribution in [-0.2, 0) is 40.4 Å². The molecule has 0 saturated heterocycles. The smallest absolute Gasteiger partial charge is 0.336 e. The summed E-state index contributed by atoms with van der Waals surface area (Å²) in [4.78, 5) is 21.9. The van der Waals surface area contributed by atoms with Crippen LogP contribution in [0.5, 0.6) is 0 Å². The maximum atomic E-state index is 11.1. The second kappa shape index (κ2) is 14.2. The molecule has 0 bridgehead atoms. The van der Waals surface area contributed by atoms with E-state index in [-0.39, 0.29) is 22.6 Å². The first-order valence-corrected chi connectivity index (χ1v) is 16.3. The maximum Gasteiger partial charge on any atom is 0.336 e. The van der Waals surface area contributed by atoms with Gasteiger partial charge in [-0.15, -0.1) is 0 Å². The number of carbonyl (C=O) groups excluding carboxylic acids is 1. The van der Waals surface area contributed by atoms with E-state index in [4.69, 9.17) is 20.9 Å². The van der Waals surface area contributed by atoms with Crippen LogP contribution in [0.3, 0.4) is 0 Å². The zero-order valence-corrected chi connectivity index (χ0v) is 23.3. The standard InChI is InChI=1S/C10H11ClO3S.C10H12O4S.Cl2OS/c2*1-7-3-4-8(6-15(2,13)14)9(5-7)10(11)12;1-4(2)3/h3-5H,6H2,1-2H3;3-5H,6H2,1-2H3,(H,11,12);. The molecule has 0 atom stereocenters. The van der Waals surface area contributed by atoms with Gasteiger partial charge < -0.3 is 5.11 Å². The van der Waals surface area contributed by atoms with Gasteiger partial charge in [0.1, 0.15) is 0 Å². The number of benzene rings is 2. The Morgan fingerprint density at radius 2 is 1.15 bits per heavy atom. The summed E-state index contributed by atoms with van der Waals surface area (Å²) in [6.45, 7) is 3.57. The van der Waals surface area contributed by atoms with Gasteiger partial charge in [0.05, 0.1) is 17.1 Å². The molecule has 0 unspecified atom stereocenters. The summed E-state index contributed by atoms with van der Waals surface area (Å²) >= 11 is 5.38. The minimum absolute atomic E-state index is 0.0559. The molecule has 0 spiro atoms. The molecule has 0 aromatic heterocycles. The maximum absolute atomic E-state index is 11.1. The van der Waals surface area contributed by atoms with Crippen LogP contribution in [0.4, 0.5) is 0 Å². The van der Waals surface area contributed by atoms with Gasteiger partial charge in [0.25, 0.3) is 5.24 Å². The molecule has 0 aliphatic heterocycles. The van der Waals surface area contributed by atoms with E-state index in [0.29, 0.717) is 11.1 Å². The predicted molar refractivity (Wildman–Crippen MR) is 136 cm³/mol. The fourth-order valence-electron chi connectivity index (χ4n) is 2.58. The lowest BCUT2D eigenvalue weighted by molar-refractivity contribution is 0.0695. The quantitative estimate of drug-likeness (QED) is 0.492. The van der Waals surface area contributed by atoms with Crippen molar-refractivity contribution in [2.24, 2.45) is 0 Å². The molecule has 0 heterocycles. The van der Waals surface area contributed by atoms with Gasteiger partial charge in [0.2, 0.25) is 9.23 Å². The van der Waals surface area contributed by atoms with E-state index in [9.17, 15) is 26.4 Å². The molecule has 0 amide bonds. The molecule has 190 valence electrons. The van der Waals surface area contributed by atoms with Gasteiger partial charge in [0.15, 0.2) is 19.7 Å². The van der Waals surface area contributed by atoms with Crippen molar-refractivity contribution in [1.29, 1.82) is 0 Å². The topological polar surface area (TPSA) is 140 Å². The summed E-state index contributed by atoms with van der Waals surface area (Å²) in [5.41, 5.74) is 2.77. The zero-order chi connectivity index (χ0) is 26.9. The zero-order valence-electron chi connectivity index (χ0n) is 18.5. The van der Waals surface area contributed by atoms with E-state index in [1.807, 2.05) is 6.92 Å². The Morgan fingerprint density at radius 1 is 0.824 bits per heavy atom. The van der Waals surface area contributed by atoms with Gasteiger partial charge in [-0.3, -0.25) is 4.79 Å². The van der Waals surface area contributed by atoms with Crippen molar-refractivity contribution in [3.05, 3.63) is 69.8 Å². The molecule has 2 aromatic carbocycles. The summed E-state index contributed by atoms with van der Waals surface area (Å²) in [6, 6.07) is 9.68. The van der Waals surface area contributed by atoms with E-state index >= 15 is 0 Å².